The standard InChI is InChI=1S/C16H16F3N3O2S/c1-9(2)7-20-14(24)12-8-25-15(21-12)22-13(23)10-5-3-4-6-11(10)16(17,18)19/h3-6,8-9H,7H2,1-2H3,(H,20,24)(H,21,22,23). The van der Waals surface area contributed by atoms with E-state index in [0.29, 0.717) is 6.54 Å². The van der Waals surface area contributed by atoms with Gasteiger partial charge in [0.1, 0.15) is 5.69 Å². The van der Waals surface area contributed by atoms with Crippen LogP contribution in [0.2, 0.25) is 0 Å². The summed E-state index contributed by atoms with van der Waals surface area (Å²) in [7, 11) is 0. The number of rotatable bonds is 5. The Labute approximate surface area is 146 Å². The highest BCUT2D eigenvalue weighted by Gasteiger charge is 2.35. The lowest BCUT2D eigenvalue weighted by Gasteiger charge is -2.11. The van der Waals surface area contributed by atoms with Crippen LogP contribution in [-0.2, 0) is 6.18 Å². The lowest BCUT2D eigenvalue weighted by Crippen LogP contribution is -2.27. The molecule has 2 aromatic rings. The Morgan fingerprint density at radius 2 is 1.88 bits per heavy atom. The van der Waals surface area contributed by atoms with Crippen molar-refractivity contribution in [3.8, 4) is 0 Å². The molecule has 134 valence electrons. The number of hydrogen-bond acceptors (Lipinski definition) is 4. The largest absolute Gasteiger partial charge is 0.417 e. The number of nitrogens with one attached hydrogen (secondary N) is 2. The Morgan fingerprint density at radius 1 is 1.20 bits per heavy atom. The van der Waals surface area contributed by atoms with Gasteiger partial charge in [-0.3, -0.25) is 14.9 Å². The van der Waals surface area contributed by atoms with Crippen molar-refractivity contribution in [2.75, 3.05) is 11.9 Å². The fourth-order valence-corrected chi connectivity index (χ4v) is 2.60. The molecule has 0 radical (unpaired) electrons. The number of alkyl halides is 3. The van der Waals surface area contributed by atoms with Gasteiger partial charge in [0.25, 0.3) is 11.8 Å². The van der Waals surface area contributed by atoms with E-state index in [0.717, 1.165) is 23.5 Å². The molecule has 1 heterocycles. The molecule has 0 saturated carbocycles. The predicted molar refractivity (Wildman–Crippen MR) is 88.7 cm³/mol. The second-order valence-electron chi connectivity index (χ2n) is 5.64. The first-order valence-electron chi connectivity index (χ1n) is 7.39. The second-order valence-corrected chi connectivity index (χ2v) is 6.50. The van der Waals surface area contributed by atoms with E-state index < -0.39 is 29.1 Å². The lowest BCUT2D eigenvalue weighted by molar-refractivity contribution is -0.137. The van der Waals surface area contributed by atoms with Crippen LogP contribution in [0.3, 0.4) is 0 Å². The van der Waals surface area contributed by atoms with E-state index in [1.54, 1.807) is 0 Å². The molecule has 0 spiro atoms. The highest BCUT2D eigenvalue weighted by atomic mass is 32.1. The van der Waals surface area contributed by atoms with Crippen molar-refractivity contribution < 1.29 is 22.8 Å². The van der Waals surface area contributed by atoms with Gasteiger partial charge in [-0.15, -0.1) is 11.3 Å². The highest BCUT2D eigenvalue weighted by molar-refractivity contribution is 7.14. The van der Waals surface area contributed by atoms with Gasteiger partial charge < -0.3 is 5.32 Å². The van der Waals surface area contributed by atoms with E-state index in [1.807, 2.05) is 13.8 Å². The topological polar surface area (TPSA) is 71.1 Å². The molecular formula is C16H16F3N3O2S. The Bertz CT molecular complexity index is 772. The van der Waals surface area contributed by atoms with Gasteiger partial charge in [0, 0.05) is 11.9 Å². The molecular weight excluding hydrogens is 355 g/mol. The molecule has 2 rings (SSSR count). The van der Waals surface area contributed by atoms with Crippen molar-refractivity contribution in [2.45, 2.75) is 20.0 Å². The van der Waals surface area contributed by atoms with Gasteiger partial charge in [0.15, 0.2) is 5.13 Å². The highest BCUT2D eigenvalue weighted by Crippen LogP contribution is 2.32. The van der Waals surface area contributed by atoms with Crippen LogP contribution in [0, 0.1) is 5.92 Å². The minimum Gasteiger partial charge on any atom is -0.350 e. The third-order valence-corrected chi connectivity index (χ3v) is 3.86. The summed E-state index contributed by atoms with van der Waals surface area (Å²) in [6.07, 6.45) is -4.64. The van der Waals surface area contributed by atoms with Crippen molar-refractivity contribution in [1.29, 1.82) is 0 Å². The van der Waals surface area contributed by atoms with Gasteiger partial charge >= 0.3 is 6.18 Å². The third kappa shape index (κ3) is 5.02. The fourth-order valence-electron chi connectivity index (χ4n) is 1.92. The molecule has 0 atom stereocenters. The molecule has 0 aliphatic carbocycles. The SMILES string of the molecule is CC(C)CNC(=O)c1csc(NC(=O)c2ccccc2C(F)(F)F)n1. The minimum atomic E-state index is -4.64. The molecule has 0 unspecified atom stereocenters. The molecule has 1 aromatic carbocycles. The first kappa shape index (κ1) is 18.9. The zero-order valence-corrected chi connectivity index (χ0v) is 14.3. The molecule has 9 heteroatoms. The monoisotopic (exact) mass is 371 g/mol. The van der Waals surface area contributed by atoms with E-state index in [9.17, 15) is 22.8 Å². The van der Waals surface area contributed by atoms with Gasteiger partial charge in [-0.25, -0.2) is 4.98 Å². The second kappa shape index (κ2) is 7.64. The van der Waals surface area contributed by atoms with Crippen LogP contribution >= 0.6 is 11.3 Å². The van der Waals surface area contributed by atoms with Gasteiger partial charge in [0.2, 0.25) is 0 Å². The summed E-state index contributed by atoms with van der Waals surface area (Å²) in [5, 5.41) is 6.45. The molecule has 0 fully saturated rings. The number of amides is 2. The maximum Gasteiger partial charge on any atom is 0.417 e. The van der Waals surface area contributed by atoms with E-state index in [1.165, 1.54) is 17.5 Å². The Morgan fingerprint density at radius 3 is 2.52 bits per heavy atom. The van der Waals surface area contributed by atoms with Crippen molar-refractivity contribution in [3.05, 3.63) is 46.5 Å². The summed E-state index contributed by atoms with van der Waals surface area (Å²) >= 11 is 0.963. The number of thiazole rings is 1. The van der Waals surface area contributed by atoms with E-state index >= 15 is 0 Å². The smallest absolute Gasteiger partial charge is 0.350 e. The average molecular weight is 371 g/mol. The van der Waals surface area contributed by atoms with E-state index in [-0.39, 0.29) is 16.7 Å². The number of hydrogen-bond donors (Lipinski definition) is 2. The minimum absolute atomic E-state index is 0.0525. The summed E-state index contributed by atoms with van der Waals surface area (Å²) in [6.45, 7) is 4.34. The number of benzene rings is 1. The molecule has 25 heavy (non-hydrogen) atoms. The summed E-state index contributed by atoms with van der Waals surface area (Å²) in [6, 6.07) is 4.47. The molecule has 0 saturated heterocycles. The Hall–Kier alpha value is -2.42. The summed E-state index contributed by atoms with van der Waals surface area (Å²) in [5.41, 5.74) is -1.43. The van der Waals surface area contributed by atoms with Crippen LogP contribution in [0.25, 0.3) is 0 Å². The van der Waals surface area contributed by atoms with Crippen molar-refractivity contribution >= 4 is 28.3 Å². The van der Waals surface area contributed by atoms with Gasteiger partial charge in [-0.1, -0.05) is 26.0 Å². The van der Waals surface area contributed by atoms with Crippen molar-refractivity contribution in [3.63, 3.8) is 0 Å². The maximum absolute atomic E-state index is 13.0. The first-order chi connectivity index (χ1) is 11.7. The molecule has 1 aromatic heterocycles. The van der Waals surface area contributed by atoms with Gasteiger partial charge in [-0.2, -0.15) is 13.2 Å². The number of carbonyl (C=O) groups excluding carboxylic acids is 2. The predicted octanol–water partition coefficient (Wildman–Crippen LogP) is 3.80. The normalized spacial score (nSPS) is 11.4. The third-order valence-electron chi connectivity index (χ3n) is 3.11. The van der Waals surface area contributed by atoms with E-state index in [4.69, 9.17) is 0 Å². The summed E-state index contributed by atoms with van der Waals surface area (Å²) in [4.78, 5) is 27.9. The Kier molecular flexibility index (Phi) is 5.78. The van der Waals surface area contributed by atoms with Crippen LogP contribution in [0.1, 0.15) is 40.3 Å². The molecule has 0 bridgehead atoms. The number of carbonyl (C=O) groups is 2. The van der Waals surface area contributed by atoms with Crippen LogP contribution < -0.4 is 10.6 Å². The van der Waals surface area contributed by atoms with Crippen molar-refractivity contribution in [2.24, 2.45) is 5.92 Å². The van der Waals surface area contributed by atoms with E-state index in [2.05, 4.69) is 15.6 Å². The zero-order chi connectivity index (χ0) is 18.6. The van der Waals surface area contributed by atoms with Crippen LogP contribution in [0.4, 0.5) is 18.3 Å². The Balaban J connectivity index is 2.11. The fraction of sp³-hybridized carbons (Fsp3) is 0.312. The quantitative estimate of drug-likeness (QED) is 0.840. The molecule has 0 aliphatic rings. The first-order valence-corrected chi connectivity index (χ1v) is 8.27. The van der Waals surface area contributed by atoms with Gasteiger partial charge in [-0.05, 0) is 18.1 Å². The molecule has 5 nitrogen and oxygen atoms in total. The number of aromatic nitrogens is 1. The number of halogens is 3. The number of anilines is 1. The van der Waals surface area contributed by atoms with Crippen LogP contribution in [0.5, 0.6) is 0 Å². The molecule has 2 amide bonds. The molecule has 0 aliphatic heterocycles. The zero-order valence-electron chi connectivity index (χ0n) is 13.5. The summed E-state index contributed by atoms with van der Waals surface area (Å²) in [5.74, 6) is -1.07. The average Bonchev–Trinajstić information content (AvgIpc) is 3.00. The van der Waals surface area contributed by atoms with Crippen LogP contribution in [-0.4, -0.2) is 23.3 Å². The number of nitrogens with zero attached hydrogens (tertiary/aromatic N) is 1. The van der Waals surface area contributed by atoms with Crippen molar-refractivity contribution in [1.82, 2.24) is 10.3 Å². The maximum atomic E-state index is 13.0. The molecule has 2 N–H and O–H groups in total. The van der Waals surface area contributed by atoms with Gasteiger partial charge in [0.05, 0.1) is 11.1 Å². The summed E-state index contributed by atoms with van der Waals surface area (Å²) < 4.78 is 38.9. The lowest BCUT2D eigenvalue weighted by atomic mass is 10.1. The van der Waals surface area contributed by atoms with Crippen LogP contribution in [0.15, 0.2) is 29.6 Å².